The Labute approximate surface area is 193 Å². The topological polar surface area (TPSA) is 88.7 Å². The van der Waals surface area contributed by atoms with Crippen molar-refractivity contribution in [2.45, 2.75) is 51.6 Å². The highest BCUT2D eigenvalue weighted by Gasteiger charge is 2.51. The molecule has 1 aliphatic carbocycles. The molecule has 1 fully saturated rings. The van der Waals surface area contributed by atoms with E-state index in [0.29, 0.717) is 24.8 Å². The van der Waals surface area contributed by atoms with Crippen molar-refractivity contribution in [2.24, 2.45) is 0 Å². The molecule has 1 N–H and O–H groups in total. The van der Waals surface area contributed by atoms with Crippen LogP contribution in [0.15, 0.2) is 40.9 Å². The van der Waals surface area contributed by atoms with Crippen molar-refractivity contribution in [3.05, 3.63) is 53.1 Å². The number of aromatic nitrogens is 2. The predicted octanol–water partition coefficient (Wildman–Crippen LogP) is 3.91. The number of amides is 1. The Morgan fingerprint density at radius 1 is 1.24 bits per heavy atom. The summed E-state index contributed by atoms with van der Waals surface area (Å²) in [6.45, 7) is 7.08. The van der Waals surface area contributed by atoms with Crippen LogP contribution in [0.1, 0.15) is 43.4 Å². The number of aryl methyl sites for hydroxylation is 1. The standard InChI is InChI=1S/C26H29N3O4/c1-16(2)32-22-8-7-18(15-17(22)3)24-27-23(28-33-24)20-5-4-6-21-19(20)9-10-26(21)11-12-29(13-14-30)25(26)31/h4-8,15-16,30H,9-14H2,1-3H3. The summed E-state index contributed by atoms with van der Waals surface area (Å²) in [5.41, 5.74) is 4.48. The fourth-order valence-corrected chi connectivity index (χ4v) is 5.26. The summed E-state index contributed by atoms with van der Waals surface area (Å²) in [5.74, 6) is 1.97. The van der Waals surface area contributed by atoms with Gasteiger partial charge >= 0.3 is 0 Å². The monoisotopic (exact) mass is 447 g/mol. The highest BCUT2D eigenvalue weighted by Crippen LogP contribution is 2.48. The van der Waals surface area contributed by atoms with Gasteiger partial charge in [-0.05, 0) is 74.9 Å². The van der Waals surface area contributed by atoms with E-state index in [0.717, 1.165) is 52.8 Å². The zero-order chi connectivity index (χ0) is 23.2. The average molecular weight is 448 g/mol. The van der Waals surface area contributed by atoms with Gasteiger partial charge in [0.05, 0.1) is 18.1 Å². The van der Waals surface area contributed by atoms with Crippen LogP contribution in [0.4, 0.5) is 0 Å². The van der Waals surface area contributed by atoms with Crippen molar-refractivity contribution in [3.8, 4) is 28.6 Å². The van der Waals surface area contributed by atoms with Gasteiger partial charge in [0.25, 0.3) is 5.89 Å². The van der Waals surface area contributed by atoms with E-state index in [2.05, 4.69) is 11.2 Å². The molecule has 1 spiro atoms. The summed E-state index contributed by atoms with van der Waals surface area (Å²) in [7, 11) is 0. The van der Waals surface area contributed by atoms with E-state index in [1.807, 2.05) is 51.1 Å². The quantitative estimate of drug-likeness (QED) is 0.616. The Balaban J connectivity index is 1.46. The summed E-state index contributed by atoms with van der Waals surface area (Å²) in [6.07, 6.45) is 2.47. The van der Waals surface area contributed by atoms with Gasteiger partial charge in [0.2, 0.25) is 11.7 Å². The van der Waals surface area contributed by atoms with Crippen LogP contribution in [0, 0.1) is 6.92 Å². The number of fused-ring (bicyclic) bond motifs is 2. The first-order valence-electron chi connectivity index (χ1n) is 11.6. The van der Waals surface area contributed by atoms with Gasteiger partial charge in [-0.1, -0.05) is 23.4 Å². The summed E-state index contributed by atoms with van der Waals surface area (Å²) in [4.78, 5) is 19.7. The molecule has 172 valence electrons. The number of hydrogen-bond acceptors (Lipinski definition) is 6. The number of carbonyl (C=O) groups is 1. The second kappa shape index (κ2) is 8.30. The number of aliphatic hydroxyl groups excluding tert-OH is 1. The molecular weight excluding hydrogens is 418 g/mol. The average Bonchev–Trinajstić information content (AvgIpc) is 3.50. The van der Waals surface area contributed by atoms with E-state index in [1.165, 1.54) is 0 Å². The molecule has 3 aromatic rings. The van der Waals surface area contributed by atoms with Crippen LogP contribution in [0.25, 0.3) is 22.8 Å². The number of ether oxygens (including phenoxy) is 1. The number of likely N-dealkylation sites (tertiary alicyclic amines) is 1. The highest BCUT2D eigenvalue weighted by atomic mass is 16.5. The van der Waals surface area contributed by atoms with Gasteiger partial charge in [0, 0.05) is 24.2 Å². The van der Waals surface area contributed by atoms with Crippen molar-refractivity contribution in [3.63, 3.8) is 0 Å². The SMILES string of the molecule is Cc1cc(-c2nc(-c3cccc4c3CCC43CCN(CCO)C3=O)no2)ccc1OC(C)C. The van der Waals surface area contributed by atoms with Crippen LogP contribution in [0.5, 0.6) is 5.75 Å². The Hall–Kier alpha value is -3.19. The normalized spacial score (nSPS) is 19.7. The van der Waals surface area contributed by atoms with Crippen molar-refractivity contribution in [1.82, 2.24) is 15.0 Å². The summed E-state index contributed by atoms with van der Waals surface area (Å²) < 4.78 is 11.4. The Morgan fingerprint density at radius 2 is 2.09 bits per heavy atom. The number of rotatable bonds is 6. The summed E-state index contributed by atoms with van der Waals surface area (Å²) in [5, 5.41) is 13.6. The van der Waals surface area contributed by atoms with Gasteiger partial charge in [-0.15, -0.1) is 0 Å². The Kier molecular flexibility index (Phi) is 5.44. The zero-order valence-corrected chi connectivity index (χ0v) is 19.3. The lowest BCUT2D eigenvalue weighted by molar-refractivity contribution is -0.132. The fraction of sp³-hybridized carbons (Fsp3) is 0.423. The molecule has 0 bridgehead atoms. The molecule has 1 unspecified atom stereocenters. The third-order valence-electron chi connectivity index (χ3n) is 6.82. The first-order chi connectivity index (χ1) is 15.9. The van der Waals surface area contributed by atoms with Gasteiger partial charge in [-0.2, -0.15) is 4.98 Å². The maximum absolute atomic E-state index is 13.2. The minimum Gasteiger partial charge on any atom is -0.491 e. The van der Waals surface area contributed by atoms with Crippen LogP contribution in [-0.4, -0.2) is 51.9 Å². The molecule has 0 saturated carbocycles. The summed E-state index contributed by atoms with van der Waals surface area (Å²) in [6, 6.07) is 11.9. The molecule has 1 aromatic heterocycles. The second-order valence-electron chi connectivity index (χ2n) is 9.25. The van der Waals surface area contributed by atoms with E-state index < -0.39 is 5.41 Å². The molecule has 2 heterocycles. The van der Waals surface area contributed by atoms with Crippen LogP contribution in [-0.2, 0) is 16.6 Å². The lowest BCUT2D eigenvalue weighted by atomic mass is 9.80. The lowest BCUT2D eigenvalue weighted by Gasteiger charge is -2.24. The molecular formula is C26H29N3O4. The third kappa shape index (κ3) is 3.60. The van der Waals surface area contributed by atoms with Gasteiger partial charge in [-0.3, -0.25) is 4.79 Å². The van der Waals surface area contributed by atoms with Crippen molar-refractivity contribution >= 4 is 5.91 Å². The van der Waals surface area contributed by atoms with Crippen LogP contribution >= 0.6 is 0 Å². The molecule has 2 aliphatic rings. The van der Waals surface area contributed by atoms with Gasteiger partial charge in [0.15, 0.2) is 0 Å². The van der Waals surface area contributed by atoms with Crippen LogP contribution < -0.4 is 4.74 Å². The number of aliphatic hydroxyl groups is 1. The van der Waals surface area contributed by atoms with Gasteiger partial charge in [0.1, 0.15) is 5.75 Å². The molecule has 1 aliphatic heterocycles. The number of benzene rings is 2. The lowest BCUT2D eigenvalue weighted by Crippen LogP contribution is -2.37. The first kappa shape index (κ1) is 21.6. The molecule has 7 heteroatoms. The fourth-order valence-electron chi connectivity index (χ4n) is 5.26. The molecule has 1 saturated heterocycles. The third-order valence-corrected chi connectivity index (χ3v) is 6.82. The van der Waals surface area contributed by atoms with E-state index in [9.17, 15) is 9.90 Å². The number of carbonyl (C=O) groups excluding carboxylic acids is 1. The summed E-state index contributed by atoms with van der Waals surface area (Å²) >= 11 is 0. The highest BCUT2D eigenvalue weighted by molar-refractivity contribution is 5.92. The Morgan fingerprint density at radius 3 is 2.85 bits per heavy atom. The largest absolute Gasteiger partial charge is 0.491 e. The van der Waals surface area contributed by atoms with Crippen LogP contribution in [0.3, 0.4) is 0 Å². The van der Waals surface area contributed by atoms with Crippen molar-refractivity contribution in [1.29, 1.82) is 0 Å². The Bertz CT molecular complexity index is 1200. The molecule has 0 radical (unpaired) electrons. The molecule has 1 amide bonds. The smallest absolute Gasteiger partial charge is 0.258 e. The molecule has 2 aromatic carbocycles. The van der Waals surface area contributed by atoms with E-state index in [1.54, 1.807) is 4.90 Å². The first-order valence-corrected chi connectivity index (χ1v) is 11.6. The van der Waals surface area contributed by atoms with Gasteiger partial charge < -0.3 is 19.3 Å². The zero-order valence-electron chi connectivity index (χ0n) is 19.3. The van der Waals surface area contributed by atoms with Crippen molar-refractivity contribution in [2.75, 3.05) is 19.7 Å². The van der Waals surface area contributed by atoms with E-state index in [-0.39, 0.29) is 18.6 Å². The molecule has 7 nitrogen and oxygen atoms in total. The minimum absolute atomic E-state index is 0.00952. The number of β-amino-alcohol motifs (C(OH)–C–C–N with tert-alkyl or cyclic N) is 1. The molecule has 1 atom stereocenters. The van der Waals surface area contributed by atoms with Crippen LogP contribution in [0.2, 0.25) is 0 Å². The minimum atomic E-state index is -0.490. The molecule has 5 rings (SSSR count). The van der Waals surface area contributed by atoms with Gasteiger partial charge in [-0.25, -0.2) is 0 Å². The number of nitrogens with zero attached hydrogens (tertiary/aromatic N) is 3. The predicted molar refractivity (Wildman–Crippen MR) is 124 cm³/mol. The van der Waals surface area contributed by atoms with Crippen molar-refractivity contribution < 1.29 is 19.2 Å². The van der Waals surface area contributed by atoms with E-state index >= 15 is 0 Å². The molecule has 33 heavy (non-hydrogen) atoms. The maximum atomic E-state index is 13.2. The number of hydrogen-bond donors (Lipinski definition) is 1. The maximum Gasteiger partial charge on any atom is 0.258 e. The van der Waals surface area contributed by atoms with E-state index in [4.69, 9.17) is 14.2 Å². The second-order valence-corrected chi connectivity index (χ2v) is 9.25.